The molecule has 0 fully saturated rings. The minimum atomic E-state index is 0.206. The molecule has 1 heterocycles. The third-order valence-electron chi connectivity index (χ3n) is 2.43. The van der Waals surface area contributed by atoms with Crippen molar-refractivity contribution in [2.24, 2.45) is 0 Å². The van der Waals surface area contributed by atoms with Gasteiger partial charge in [-0.25, -0.2) is 0 Å². The maximum Gasteiger partial charge on any atom is 0.123 e. The van der Waals surface area contributed by atoms with E-state index in [0.717, 1.165) is 23.6 Å². The predicted molar refractivity (Wildman–Crippen MR) is 58.3 cm³/mol. The Balaban J connectivity index is 2.16. The standard InChI is InChI=1S/C12H13ClO/c1-9-3-2-4-12(14-9)10-5-7-11(13)8-6-10/h3,5-8,12H,2,4H2,1H3. The van der Waals surface area contributed by atoms with Gasteiger partial charge in [0.25, 0.3) is 0 Å². The first kappa shape index (κ1) is 9.60. The Labute approximate surface area is 89.3 Å². The first-order chi connectivity index (χ1) is 6.75. The summed E-state index contributed by atoms with van der Waals surface area (Å²) in [5.41, 5.74) is 1.21. The fourth-order valence-corrected chi connectivity index (χ4v) is 1.81. The van der Waals surface area contributed by atoms with Crippen molar-refractivity contribution in [3.63, 3.8) is 0 Å². The number of benzene rings is 1. The van der Waals surface area contributed by atoms with E-state index in [4.69, 9.17) is 16.3 Å². The van der Waals surface area contributed by atoms with Crippen molar-refractivity contribution in [3.05, 3.63) is 46.7 Å². The van der Waals surface area contributed by atoms with Crippen LogP contribution in [-0.4, -0.2) is 0 Å². The summed E-state index contributed by atoms with van der Waals surface area (Å²) in [6.45, 7) is 2.00. The van der Waals surface area contributed by atoms with E-state index in [1.807, 2.05) is 31.2 Å². The molecule has 1 atom stereocenters. The molecule has 0 radical (unpaired) electrons. The minimum Gasteiger partial charge on any atom is -0.491 e. The van der Waals surface area contributed by atoms with E-state index in [1.54, 1.807) is 0 Å². The second-order valence-corrected chi connectivity index (χ2v) is 3.99. The van der Waals surface area contributed by atoms with Crippen molar-refractivity contribution < 1.29 is 4.74 Å². The number of rotatable bonds is 1. The Hall–Kier alpha value is -0.950. The lowest BCUT2D eigenvalue weighted by atomic mass is 10.0. The first-order valence-electron chi connectivity index (χ1n) is 4.84. The molecule has 1 aromatic rings. The molecule has 1 unspecified atom stereocenters. The van der Waals surface area contributed by atoms with Crippen molar-refractivity contribution in [3.8, 4) is 0 Å². The summed E-state index contributed by atoms with van der Waals surface area (Å²) in [5.74, 6) is 1.02. The van der Waals surface area contributed by atoms with Crippen LogP contribution < -0.4 is 0 Å². The lowest BCUT2D eigenvalue weighted by molar-refractivity contribution is 0.0973. The van der Waals surface area contributed by atoms with E-state index in [-0.39, 0.29) is 6.10 Å². The molecular formula is C12H13ClO. The second-order valence-electron chi connectivity index (χ2n) is 3.55. The summed E-state index contributed by atoms with van der Waals surface area (Å²) in [7, 11) is 0. The average molecular weight is 209 g/mol. The van der Waals surface area contributed by atoms with Gasteiger partial charge in [-0.1, -0.05) is 23.7 Å². The fraction of sp³-hybridized carbons (Fsp3) is 0.333. The van der Waals surface area contributed by atoms with Gasteiger partial charge in [-0.05, 0) is 43.5 Å². The zero-order chi connectivity index (χ0) is 9.97. The van der Waals surface area contributed by atoms with Crippen molar-refractivity contribution in [2.75, 3.05) is 0 Å². The molecule has 0 aliphatic carbocycles. The maximum absolute atomic E-state index is 5.83. The lowest BCUT2D eigenvalue weighted by Gasteiger charge is -2.23. The highest BCUT2D eigenvalue weighted by Crippen LogP contribution is 2.30. The number of ether oxygens (including phenoxy) is 1. The van der Waals surface area contributed by atoms with Crippen LogP contribution in [-0.2, 0) is 4.74 Å². The molecule has 14 heavy (non-hydrogen) atoms. The van der Waals surface area contributed by atoms with Crippen molar-refractivity contribution in [1.82, 2.24) is 0 Å². The van der Waals surface area contributed by atoms with E-state index in [9.17, 15) is 0 Å². The summed E-state index contributed by atoms with van der Waals surface area (Å²) >= 11 is 5.83. The summed E-state index contributed by atoms with van der Waals surface area (Å²) < 4.78 is 5.73. The minimum absolute atomic E-state index is 0.206. The van der Waals surface area contributed by atoms with Gasteiger partial charge in [-0.3, -0.25) is 0 Å². The van der Waals surface area contributed by atoms with Crippen LogP contribution in [0, 0.1) is 0 Å². The second kappa shape index (κ2) is 4.05. The van der Waals surface area contributed by atoms with Gasteiger partial charge in [0.2, 0.25) is 0 Å². The number of hydrogen-bond acceptors (Lipinski definition) is 1. The highest BCUT2D eigenvalue weighted by molar-refractivity contribution is 6.30. The monoisotopic (exact) mass is 208 g/mol. The molecule has 0 spiro atoms. The number of halogens is 1. The molecule has 1 aliphatic rings. The van der Waals surface area contributed by atoms with Gasteiger partial charge in [0.15, 0.2) is 0 Å². The average Bonchev–Trinajstić information content (AvgIpc) is 2.19. The molecule has 2 rings (SSSR count). The van der Waals surface area contributed by atoms with Gasteiger partial charge < -0.3 is 4.74 Å². The van der Waals surface area contributed by atoms with Crippen molar-refractivity contribution in [1.29, 1.82) is 0 Å². The quantitative estimate of drug-likeness (QED) is 0.675. The summed E-state index contributed by atoms with van der Waals surface area (Å²) in [6, 6.07) is 7.89. The SMILES string of the molecule is CC1=CCCC(c2ccc(Cl)cc2)O1. The molecule has 2 heteroatoms. The molecule has 0 saturated carbocycles. The van der Waals surface area contributed by atoms with Crippen LogP contribution in [0.3, 0.4) is 0 Å². The van der Waals surface area contributed by atoms with Gasteiger partial charge >= 0.3 is 0 Å². The normalized spacial score (nSPS) is 21.3. The maximum atomic E-state index is 5.83. The van der Waals surface area contributed by atoms with Crippen LogP contribution in [0.4, 0.5) is 0 Å². The van der Waals surface area contributed by atoms with Crippen LogP contribution in [0.25, 0.3) is 0 Å². The Morgan fingerprint density at radius 2 is 2.00 bits per heavy atom. The van der Waals surface area contributed by atoms with Crippen LogP contribution in [0.5, 0.6) is 0 Å². The molecule has 0 saturated heterocycles. The van der Waals surface area contributed by atoms with Crippen LogP contribution in [0.1, 0.15) is 31.4 Å². The summed E-state index contributed by atoms with van der Waals surface area (Å²) in [4.78, 5) is 0. The topological polar surface area (TPSA) is 9.23 Å². The van der Waals surface area contributed by atoms with E-state index >= 15 is 0 Å². The third-order valence-corrected chi connectivity index (χ3v) is 2.68. The van der Waals surface area contributed by atoms with E-state index in [1.165, 1.54) is 5.56 Å². The smallest absolute Gasteiger partial charge is 0.123 e. The van der Waals surface area contributed by atoms with Crippen LogP contribution in [0.2, 0.25) is 5.02 Å². The van der Waals surface area contributed by atoms with Gasteiger partial charge in [0, 0.05) is 5.02 Å². The van der Waals surface area contributed by atoms with Gasteiger partial charge in [0.05, 0.1) is 5.76 Å². The fourth-order valence-electron chi connectivity index (χ4n) is 1.68. The molecule has 1 aliphatic heterocycles. The molecule has 74 valence electrons. The van der Waals surface area contributed by atoms with Gasteiger partial charge in [-0.15, -0.1) is 0 Å². The Morgan fingerprint density at radius 3 is 2.64 bits per heavy atom. The molecular weight excluding hydrogens is 196 g/mol. The Kier molecular flexibility index (Phi) is 2.78. The highest BCUT2D eigenvalue weighted by atomic mass is 35.5. The van der Waals surface area contributed by atoms with Crippen molar-refractivity contribution in [2.45, 2.75) is 25.9 Å². The van der Waals surface area contributed by atoms with Crippen molar-refractivity contribution >= 4 is 11.6 Å². The van der Waals surface area contributed by atoms with Gasteiger partial charge in [0.1, 0.15) is 6.10 Å². The zero-order valence-corrected chi connectivity index (χ0v) is 8.92. The third kappa shape index (κ3) is 2.10. The van der Waals surface area contributed by atoms with E-state index in [0.29, 0.717) is 0 Å². The summed E-state index contributed by atoms with van der Waals surface area (Å²) in [5, 5.41) is 0.775. The molecule has 0 bridgehead atoms. The van der Waals surface area contributed by atoms with Crippen LogP contribution in [0.15, 0.2) is 36.1 Å². The predicted octanol–water partition coefficient (Wildman–Crippen LogP) is 4.10. The van der Waals surface area contributed by atoms with E-state index in [2.05, 4.69) is 6.08 Å². The molecule has 0 N–H and O–H groups in total. The Bertz CT molecular complexity index is 340. The molecule has 1 nitrogen and oxygen atoms in total. The zero-order valence-electron chi connectivity index (χ0n) is 8.16. The lowest BCUT2D eigenvalue weighted by Crippen LogP contribution is -2.06. The van der Waals surface area contributed by atoms with E-state index < -0.39 is 0 Å². The number of hydrogen-bond donors (Lipinski definition) is 0. The molecule has 0 aromatic heterocycles. The molecule has 0 amide bonds. The Morgan fingerprint density at radius 1 is 1.29 bits per heavy atom. The molecule has 1 aromatic carbocycles. The summed E-state index contributed by atoms with van der Waals surface area (Å²) in [6.07, 6.45) is 4.49. The van der Waals surface area contributed by atoms with Crippen LogP contribution >= 0.6 is 11.6 Å². The largest absolute Gasteiger partial charge is 0.491 e. The first-order valence-corrected chi connectivity index (χ1v) is 5.22. The van der Waals surface area contributed by atoms with Gasteiger partial charge in [-0.2, -0.15) is 0 Å². The highest BCUT2D eigenvalue weighted by Gasteiger charge is 2.15. The number of allylic oxidation sites excluding steroid dienone is 2.